The molecule has 0 aliphatic rings. The van der Waals surface area contributed by atoms with E-state index in [2.05, 4.69) is 25.0 Å². The first-order valence-corrected chi connectivity index (χ1v) is 8.53. The highest BCUT2D eigenvalue weighted by atomic mass is 19.4. The smallest absolute Gasteiger partial charge is 0.406 e. The molecule has 0 saturated heterocycles. The van der Waals surface area contributed by atoms with Crippen LogP contribution in [0.15, 0.2) is 59.1 Å². The molecule has 0 aliphatic heterocycles. The number of aryl methyl sites for hydroxylation is 1. The van der Waals surface area contributed by atoms with Crippen LogP contribution in [-0.4, -0.2) is 31.3 Å². The minimum Gasteiger partial charge on any atom is -0.406 e. The number of nitrogens with zero attached hydrogens (tertiary/aromatic N) is 5. The molecule has 10 heteroatoms. The van der Waals surface area contributed by atoms with Gasteiger partial charge in [-0.1, -0.05) is 35.5 Å². The van der Waals surface area contributed by atoms with Crippen LogP contribution in [0.3, 0.4) is 0 Å². The van der Waals surface area contributed by atoms with Gasteiger partial charge in [0.2, 0.25) is 11.6 Å². The number of hydrogen-bond donors (Lipinski definition) is 0. The molecular formula is C19H14F3N5O2. The average Bonchev–Trinajstić information content (AvgIpc) is 3.30. The van der Waals surface area contributed by atoms with E-state index in [0.717, 1.165) is 5.56 Å². The van der Waals surface area contributed by atoms with Crippen LogP contribution in [-0.2, 0) is 6.54 Å². The molecule has 0 aliphatic carbocycles. The van der Waals surface area contributed by atoms with Crippen molar-refractivity contribution in [2.75, 3.05) is 0 Å². The highest BCUT2D eigenvalue weighted by molar-refractivity contribution is 5.57. The van der Waals surface area contributed by atoms with E-state index in [1.54, 1.807) is 4.68 Å². The molecule has 0 amide bonds. The molecule has 0 unspecified atom stereocenters. The first-order chi connectivity index (χ1) is 13.9. The SMILES string of the molecule is Cc1nc(-c2nc(-c3ccc(OC(F)(F)F)cc3)no2)nn1Cc1ccccc1. The molecule has 4 aromatic rings. The maximum absolute atomic E-state index is 12.3. The second-order valence-corrected chi connectivity index (χ2v) is 6.12. The number of rotatable bonds is 5. The van der Waals surface area contributed by atoms with Crippen LogP contribution in [0.4, 0.5) is 13.2 Å². The third kappa shape index (κ3) is 4.42. The second-order valence-electron chi connectivity index (χ2n) is 6.12. The molecule has 7 nitrogen and oxygen atoms in total. The maximum Gasteiger partial charge on any atom is 0.573 e. The second kappa shape index (κ2) is 7.38. The lowest BCUT2D eigenvalue weighted by Gasteiger charge is -2.08. The summed E-state index contributed by atoms with van der Waals surface area (Å²) in [5, 5.41) is 8.25. The van der Waals surface area contributed by atoms with Crippen molar-refractivity contribution in [3.63, 3.8) is 0 Å². The van der Waals surface area contributed by atoms with Gasteiger partial charge in [0.05, 0.1) is 6.54 Å². The Hall–Kier alpha value is -3.69. The molecule has 0 spiro atoms. The number of aromatic nitrogens is 5. The third-order valence-electron chi connectivity index (χ3n) is 4.00. The van der Waals surface area contributed by atoms with Crippen LogP contribution in [0.1, 0.15) is 11.4 Å². The summed E-state index contributed by atoms with van der Waals surface area (Å²) in [7, 11) is 0. The Bertz CT molecular complexity index is 1110. The van der Waals surface area contributed by atoms with Gasteiger partial charge < -0.3 is 9.26 Å². The monoisotopic (exact) mass is 401 g/mol. The van der Waals surface area contributed by atoms with Gasteiger partial charge in [-0.15, -0.1) is 18.3 Å². The van der Waals surface area contributed by atoms with Gasteiger partial charge in [-0.2, -0.15) is 4.98 Å². The van der Waals surface area contributed by atoms with E-state index in [0.29, 0.717) is 17.9 Å². The Labute approximate surface area is 162 Å². The summed E-state index contributed by atoms with van der Waals surface area (Å²) in [5.74, 6) is 0.939. The lowest BCUT2D eigenvalue weighted by Crippen LogP contribution is -2.16. The summed E-state index contributed by atoms with van der Waals surface area (Å²) < 4.78 is 47.5. The van der Waals surface area contributed by atoms with Crippen LogP contribution >= 0.6 is 0 Å². The lowest BCUT2D eigenvalue weighted by atomic mass is 10.2. The van der Waals surface area contributed by atoms with Crippen LogP contribution in [0.25, 0.3) is 23.1 Å². The number of alkyl halides is 3. The predicted molar refractivity (Wildman–Crippen MR) is 95.7 cm³/mol. The Balaban J connectivity index is 1.53. The molecular weight excluding hydrogens is 387 g/mol. The van der Waals surface area contributed by atoms with Crippen molar-refractivity contribution in [2.45, 2.75) is 19.8 Å². The van der Waals surface area contributed by atoms with Crippen molar-refractivity contribution in [1.29, 1.82) is 0 Å². The molecule has 4 rings (SSSR count). The van der Waals surface area contributed by atoms with Gasteiger partial charge in [-0.25, -0.2) is 9.67 Å². The predicted octanol–water partition coefficient (Wildman–Crippen LogP) is 4.25. The van der Waals surface area contributed by atoms with E-state index in [-0.39, 0.29) is 23.3 Å². The number of halogens is 3. The van der Waals surface area contributed by atoms with E-state index < -0.39 is 6.36 Å². The topological polar surface area (TPSA) is 78.9 Å². The summed E-state index contributed by atoms with van der Waals surface area (Å²) in [6.07, 6.45) is -4.75. The zero-order valence-electron chi connectivity index (χ0n) is 15.1. The first kappa shape index (κ1) is 18.7. The molecule has 148 valence electrons. The number of ether oxygens (including phenoxy) is 1. The molecule has 2 aromatic heterocycles. The van der Waals surface area contributed by atoms with Gasteiger partial charge >= 0.3 is 6.36 Å². The van der Waals surface area contributed by atoms with Crippen LogP contribution in [0.2, 0.25) is 0 Å². The van der Waals surface area contributed by atoms with E-state index in [1.165, 1.54) is 24.3 Å². The zero-order valence-corrected chi connectivity index (χ0v) is 15.1. The van der Waals surface area contributed by atoms with Gasteiger partial charge in [0, 0.05) is 5.56 Å². The van der Waals surface area contributed by atoms with Crippen molar-refractivity contribution < 1.29 is 22.4 Å². The van der Waals surface area contributed by atoms with Gasteiger partial charge in [-0.05, 0) is 36.8 Å². The molecule has 2 heterocycles. The Morgan fingerprint density at radius 1 is 0.966 bits per heavy atom. The quantitative estimate of drug-likeness (QED) is 0.498. The standard InChI is InChI=1S/C19H14F3N5O2/c1-12-23-17(25-27(12)11-13-5-3-2-4-6-13)18-24-16(26-29-18)14-7-9-15(10-8-14)28-19(20,21)22/h2-10H,11H2,1H3. The van der Waals surface area contributed by atoms with E-state index in [4.69, 9.17) is 4.52 Å². The van der Waals surface area contributed by atoms with Gasteiger partial charge in [-0.3, -0.25) is 0 Å². The Kier molecular flexibility index (Phi) is 4.75. The molecule has 2 aromatic carbocycles. The molecule has 0 fully saturated rings. The minimum absolute atomic E-state index is 0.116. The molecule has 0 N–H and O–H groups in total. The fourth-order valence-electron chi connectivity index (χ4n) is 2.65. The van der Waals surface area contributed by atoms with Gasteiger partial charge in [0.25, 0.3) is 5.89 Å². The summed E-state index contributed by atoms with van der Waals surface area (Å²) in [5.41, 5.74) is 1.54. The Morgan fingerprint density at radius 2 is 1.69 bits per heavy atom. The van der Waals surface area contributed by atoms with Crippen molar-refractivity contribution in [2.24, 2.45) is 0 Å². The largest absolute Gasteiger partial charge is 0.573 e. The number of benzene rings is 2. The molecule has 29 heavy (non-hydrogen) atoms. The summed E-state index contributed by atoms with van der Waals surface area (Å²) >= 11 is 0. The lowest BCUT2D eigenvalue weighted by molar-refractivity contribution is -0.274. The Morgan fingerprint density at radius 3 is 2.38 bits per heavy atom. The zero-order chi connectivity index (χ0) is 20.4. The average molecular weight is 401 g/mol. The maximum atomic E-state index is 12.3. The van der Waals surface area contributed by atoms with Crippen molar-refractivity contribution in [3.05, 3.63) is 66.0 Å². The highest BCUT2D eigenvalue weighted by Crippen LogP contribution is 2.26. The molecule has 0 saturated carbocycles. The summed E-state index contributed by atoms with van der Waals surface area (Å²) in [6.45, 7) is 2.36. The van der Waals surface area contributed by atoms with E-state index in [9.17, 15) is 13.2 Å². The number of hydrogen-bond acceptors (Lipinski definition) is 6. The molecule has 0 atom stereocenters. The van der Waals surface area contributed by atoms with E-state index >= 15 is 0 Å². The van der Waals surface area contributed by atoms with Crippen LogP contribution < -0.4 is 4.74 Å². The van der Waals surface area contributed by atoms with Crippen molar-refractivity contribution in [3.8, 4) is 28.9 Å². The fraction of sp³-hybridized carbons (Fsp3) is 0.158. The first-order valence-electron chi connectivity index (χ1n) is 8.53. The minimum atomic E-state index is -4.75. The molecule has 0 bridgehead atoms. The van der Waals surface area contributed by atoms with Crippen molar-refractivity contribution in [1.82, 2.24) is 24.9 Å². The van der Waals surface area contributed by atoms with Crippen LogP contribution in [0, 0.1) is 6.92 Å². The fourth-order valence-corrected chi connectivity index (χ4v) is 2.65. The van der Waals surface area contributed by atoms with Crippen molar-refractivity contribution >= 4 is 0 Å². The third-order valence-corrected chi connectivity index (χ3v) is 4.00. The normalized spacial score (nSPS) is 11.6. The van der Waals surface area contributed by atoms with Gasteiger partial charge in [0.15, 0.2) is 0 Å². The van der Waals surface area contributed by atoms with Crippen LogP contribution in [0.5, 0.6) is 5.75 Å². The van der Waals surface area contributed by atoms with Gasteiger partial charge in [0.1, 0.15) is 11.6 Å². The summed E-state index contributed by atoms with van der Waals surface area (Å²) in [6, 6.07) is 15.0. The highest BCUT2D eigenvalue weighted by Gasteiger charge is 2.31. The molecule has 0 radical (unpaired) electrons. The van der Waals surface area contributed by atoms with E-state index in [1.807, 2.05) is 37.3 Å². The summed E-state index contributed by atoms with van der Waals surface area (Å²) in [4.78, 5) is 8.59.